The maximum absolute atomic E-state index is 10.7. The van der Waals surface area contributed by atoms with Crippen LogP contribution in [0, 0.1) is 6.92 Å². The van der Waals surface area contributed by atoms with Crippen LogP contribution in [0.2, 0.25) is 0 Å². The van der Waals surface area contributed by atoms with Crippen LogP contribution in [-0.2, 0) is 17.8 Å². The van der Waals surface area contributed by atoms with Crippen LogP contribution in [0.25, 0.3) is 0 Å². The number of rotatable bonds is 7. The number of thioether (sulfide) groups is 1. The average Bonchev–Trinajstić information content (AvgIpc) is 2.99. The van der Waals surface area contributed by atoms with Crippen molar-refractivity contribution in [2.24, 2.45) is 0 Å². The van der Waals surface area contributed by atoms with Crippen LogP contribution in [-0.4, -0.2) is 36.5 Å². The molecule has 0 amide bonds. The Morgan fingerprint density at radius 1 is 1.52 bits per heavy atom. The molecule has 0 radical (unpaired) electrons. The van der Waals surface area contributed by atoms with Gasteiger partial charge in [-0.05, 0) is 5.92 Å². The molecule has 0 fully saturated rings. The van der Waals surface area contributed by atoms with Gasteiger partial charge in [0.1, 0.15) is 0 Å². The molecule has 2 aromatic heterocycles. The summed E-state index contributed by atoms with van der Waals surface area (Å²) in [5.74, 6) is 0.638. The van der Waals surface area contributed by atoms with Crippen LogP contribution in [0.15, 0.2) is 15.9 Å². The molecule has 2 aromatic rings. The topological polar surface area (TPSA) is 94.0 Å². The van der Waals surface area contributed by atoms with Gasteiger partial charge in [0.15, 0.2) is 11.0 Å². The van der Waals surface area contributed by atoms with Crippen LogP contribution in [0.1, 0.15) is 37.2 Å². The lowest BCUT2D eigenvalue weighted by Crippen LogP contribution is -2.10. The molecule has 0 aliphatic rings. The fourth-order valence-electron chi connectivity index (χ4n) is 1.95. The first kappa shape index (κ1) is 15.6. The maximum atomic E-state index is 10.7. The van der Waals surface area contributed by atoms with Gasteiger partial charge in [0.25, 0.3) is 0 Å². The Balaban J connectivity index is 2.13. The number of carboxylic acid groups (broad SMARTS) is 1. The van der Waals surface area contributed by atoms with Crippen molar-refractivity contribution in [3.05, 3.63) is 23.6 Å². The summed E-state index contributed by atoms with van der Waals surface area (Å²) < 4.78 is 6.98. The zero-order valence-electron chi connectivity index (χ0n) is 12.2. The van der Waals surface area contributed by atoms with Crippen molar-refractivity contribution >= 4 is 17.7 Å². The van der Waals surface area contributed by atoms with Crippen molar-refractivity contribution in [3.63, 3.8) is 0 Å². The van der Waals surface area contributed by atoms with E-state index in [-0.39, 0.29) is 5.75 Å². The number of imidazole rings is 1. The number of nitrogens with zero attached hydrogens (tertiary/aromatic N) is 4. The molecule has 8 heteroatoms. The fourth-order valence-corrected chi connectivity index (χ4v) is 2.69. The highest BCUT2D eigenvalue weighted by Gasteiger charge is 2.15. The third-order valence-corrected chi connectivity index (χ3v) is 3.87. The van der Waals surface area contributed by atoms with E-state index in [1.165, 1.54) is 11.8 Å². The Hall–Kier alpha value is -1.83. The second-order valence-electron chi connectivity index (χ2n) is 4.93. The molecule has 0 saturated carbocycles. The smallest absolute Gasteiger partial charge is 0.313 e. The lowest BCUT2D eigenvalue weighted by molar-refractivity contribution is -0.133. The van der Waals surface area contributed by atoms with E-state index < -0.39 is 5.97 Å². The molecule has 21 heavy (non-hydrogen) atoms. The molecule has 0 bridgehead atoms. The van der Waals surface area contributed by atoms with Gasteiger partial charge in [0.2, 0.25) is 5.89 Å². The summed E-state index contributed by atoms with van der Waals surface area (Å²) in [7, 11) is 0. The Kier molecular flexibility index (Phi) is 5.00. The highest BCUT2D eigenvalue weighted by atomic mass is 32.2. The Bertz CT molecular complexity index is 621. The van der Waals surface area contributed by atoms with E-state index in [4.69, 9.17) is 9.63 Å². The predicted molar refractivity (Wildman–Crippen MR) is 77.4 cm³/mol. The normalized spacial score (nSPS) is 11.2. The first-order valence-electron chi connectivity index (χ1n) is 6.66. The number of aromatic nitrogens is 4. The quantitative estimate of drug-likeness (QED) is 0.783. The predicted octanol–water partition coefficient (Wildman–Crippen LogP) is 2.12. The molecule has 0 saturated heterocycles. The van der Waals surface area contributed by atoms with Crippen LogP contribution in [0.5, 0.6) is 0 Å². The van der Waals surface area contributed by atoms with E-state index in [1.807, 2.05) is 4.57 Å². The first-order chi connectivity index (χ1) is 9.97. The van der Waals surface area contributed by atoms with Crippen LogP contribution in [0.3, 0.4) is 0 Å². The SMILES string of the molecule is Cc1nc(CCn2c(C(C)C)cnc2SCC(=O)O)no1. The van der Waals surface area contributed by atoms with Gasteiger partial charge in [-0.25, -0.2) is 4.98 Å². The third-order valence-electron chi connectivity index (χ3n) is 2.89. The summed E-state index contributed by atoms with van der Waals surface area (Å²) in [5.41, 5.74) is 1.07. The van der Waals surface area contributed by atoms with Crippen molar-refractivity contribution in [1.29, 1.82) is 0 Å². The molecule has 0 unspecified atom stereocenters. The minimum absolute atomic E-state index is 0.00410. The van der Waals surface area contributed by atoms with Crippen molar-refractivity contribution < 1.29 is 14.4 Å². The van der Waals surface area contributed by atoms with Gasteiger partial charge in [-0.15, -0.1) is 0 Å². The lowest BCUT2D eigenvalue weighted by Gasteiger charge is -2.12. The highest BCUT2D eigenvalue weighted by Crippen LogP contribution is 2.23. The molecule has 0 aliphatic heterocycles. The summed E-state index contributed by atoms with van der Waals surface area (Å²) in [4.78, 5) is 19.2. The zero-order chi connectivity index (χ0) is 15.4. The average molecular weight is 310 g/mol. The second-order valence-corrected chi connectivity index (χ2v) is 5.88. The number of hydrogen-bond donors (Lipinski definition) is 1. The Morgan fingerprint density at radius 2 is 2.29 bits per heavy atom. The zero-order valence-corrected chi connectivity index (χ0v) is 13.1. The standard InChI is InChI=1S/C13H18N4O3S/c1-8(2)10-6-14-13(21-7-12(18)19)17(10)5-4-11-15-9(3)20-16-11/h6,8H,4-5,7H2,1-3H3,(H,18,19). The second kappa shape index (κ2) is 6.75. The lowest BCUT2D eigenvalue weighted by atomic mass is 10.1. The van der Waals surface area contributed by atoms with Crippen molar-refractivity contribution in [2.75, 3.05) is 5.75 Å². The van der Waals surface area contributed by atoms with E-state index in [2.05, 4.69) is 29.0 Å². The van der Waals surface area contributed by atoms with Gasteiger partial charge >= 0.3 is 5.97 Å². The number of aryl methyl sites for hydroxylation is 2. The molecule has 7 nitrogen and oxygen atoms in total. The van der Waals surface area contributed by atoms with Crippen molar-refractivity contribution in [1.82, 2.24) is 19.7 Å². The third kappa shape index (κ3) is 4.07. The van der Waals surface area contributed by atoms with Gasteiger partial charge in [-0.2, -0.15) is 4.98 Å². The van der Waals surface area contributed by atoms with Gasteiger partial charge in [0, 0.05) is 31.8 Å². The van der Waals surface area contributed by atoms with E-state index in [0.29, 0.717) is 35.8 Å². The van der Waals surface area contributed by atoms with Crippen LogP contribution in [0.4, 0.5) is 0 Å². The Labute approximate surface area is 126 Å². The number of carbonyl (C=O) groups is 1. The summed E-state index contributed by atoms with van der Waals surface area (Å²) in [6.45, 7) is 6.56. The summed E-state index contributed by atoms with van der Waals surface area (Å²) in [5, 5.41) is 13.4. The van der Waals surface area contributed by atoms with E-state index in [9.17, 15) is 4.79 Å². The first-order valence-corrected chi connectivity index (χ1v) is 7.65. The number of carboxylic acids is 1. The van der Waals surface area contributed by atoms with E-state index in [1.54, 1.807) is 13.1 Å². The number of hydrogen-bond acceptors (Lipinski definition) is 6. The van der Waals surface area contributed by atoms with Crippen LogP contribution >= 0.6 is 11.8 Å². The monoisotopic (exact) mass is 310 g/mol. The maximum Gasteiger partial charge on any atom is 0.313 e. The van der Waals surface area contributed by atoms with Gasteiger partial charge < -0.3 is 14.2 Å². The summed E-state index contributed by atoms with van der Waals surface area (Å²) in [6.07, 6.45) is 2.42. The largest absolute Gasteiger partial charge is 0.481 e. The van der Waals surface area contributed by atoms with Gasteiger partial charge in [0.05, 0.1) is 5.75 Å². The molecule has 0 atom stereocenters. The molecular formula is C13H18N4O3S. The van der Waals surface area contributed by atoms with Gasteiger partial charge in [-0.1, -0.05) is 30.8 Å². The Morgan fingerprint density at radius 3 is 2.86 bits per heavy atom. The highest BCUT2D eigenvalue weighted by molar-refractivity contribution is 7.99. The van der Waals surface area contributed by atoms with Crippen LogP contribution < -0.4 is 0 Å². The molecule has 114 valence electrons. The molecule has 2 heterocycles. The molecule has 0 aromatic carbocycles. The minimum Gasteiger partial charge on any atom is -0.481 e. The van der Waals surface area contributed by atoms with Crippen molar-refractivity contribution in [2.45, 2.75) is 44.8 Å². The molecule has 0 aliphatic carbocycles. The van der Waals surface area contributed by atoms with E-state index >= 15 is 0 Å². The molecule has 2 rings (SSSR count). The molecule has 0 spiro atoms. The summed E-state index contributed by atoms with van der Waals surface area (Å²) in [6, 6.07) is 0. The molecule has 1 N–H and O–H groups in total. The molecular weight excluding hydrogens is 292 g/mol. The fraction of sp³-hybridized carbons (Fsp3) is 0.538. The van der Waals surface area contributed by atoms with Crippen molar-refractivity contribution in [3.8, 4) is 0 Å². The van der Waals surface area contributed by atoms with E-state index in [0.717, 1.165) is 5.69 Å². The van der Waals surface area contributed by atoms with Gasteiger partial charge in [-0.3, -0.25) is 4.79 Å². The summed E-state index contributed by atoms with van der Waals surface area (Å²) >= 11 is 1.22. The number of aliphatic carboxylic acids is 1. The minimum atomic E-state index is -0.852.